The summed E-state index contributed by atoms with van der Waals surface area (Å²) in [6, 6.07) is 6.73. The van der Waals surface area contributed by atoms with Crippen LogP contribution < -0.4 is 4.74 Å². The molecule has 5 rings (SSSR count). The number of benzene rings is 5. The van der Waals surface area contributed by atoms with E-state index in [1.807, 2.05) is 6.92 Å². The lowest BCUT2D eigenvalue weighted by Crippen LogP contribution is -2.25. The minimum Gasteiger partial charge on any atom is -0.429 e. The van der Waals surface area contributed by atoms with Crippen LogP contribution in [-0.4, -0.2) is 6.18 Å². The second-order valence-electron chi connectivity index (χ2n) is 10.8. The summed E-state index contributed by atoms with van der Waals surface area (Å²) in [6.45, 7) is 1.99. The number of alkyl halides is 5. The predicted molar refractivity (Wildman–Crippen MR) is 154 cm³/mol. The van der Waals surface area contributed by atoms with Gasteiger partial charge in [-0.2, -0.15) is 22.0 Å². The van der Waals surface area contributed by atoms with Gasteiger partial charge < -0.3 is 4.74 Å². The Hall–Kier alpha value is -4.86. The summed E-state index contributed by atoms with van der Waals surface area (Å²) < 4.78 is 177. The Morgan fingerprint density at radius 1 is 0.667 bits per heavy atom. The first-order chi connectivity index (χ1) is 22.5. The number of hydrogen-bond donors (Lipinski definition) is 0. The molecule has 0 saturated heterocycles. The zero-order chi connectivity index (χ0) is 35.1. The minimum absolute atomic E-state index is 0.00725. The fourth-order valence-electron chi connectivity index (χ4n) is 5.27. The van der Waals surface area contributed by atoms with E-state index in [-0.39, 0.29) is 22.9 Å². The van der Waals surface area contributed by atoms with Gasteiger partial charge in [0.1, 0.15) is 46.2 Å². The van der Waals surface area contributed by atoms with Gasteiger partial charge in [-0.1, -0.05) is 43.9 Å². The van der Waals surface area contributed by atoms with Crippen molar-refractivity contribution in [3.05, 3.63) is 112 Å². The summed E-state index contributed by atoms with van der Waals surface area (Å²) in [5, 5.41) is -2.06. The van der Waals surface area contributed by atoms with Crippen LogP contribution in [0.2, 0.25) is 0 Å². The highest BCUT2D eigenvalue weighted by Crippen LogP contribution is 2.40. The number of ether oxygens (including phenoxy) is 1. The molecule has 0 N–H and O–H groups in total. The van der Waals surface area contributed by atoms with Crippen molar-refractivity contribution < 1.29 is 57.4 Å². The van der Waals surface area contributed by atoms with E-state index in [4.69, 9.17) is 0 Å². The second kappa shape index (κ2) is 13.0. The van der Waals surface area contributed by atoms with E-state index in [0.717, 1.165) is 24.8 Å². The van der Waals surface area contributed by atoms with E-state index in [1.54, 1.807) is 0 Å². The molecular weight excluding hydrogens is 664 g/mol. The maximum Gasteiger partial charge on any atom is 0.458 e. The molecule has 0 atom stereocenters. The van der Waals surface area contributed by atoms with Gasteiger partial charge in [-0.25, -0.2) is 30.7 Å². The van der Waals surface area contributed by atoms with Crippen molar-refractivity contribution in [3.63, 3.8) is 0 Å². The zero-order valence-electron chi connectivity index (χ0n) is 24.5. The molecule has 5 aromatic carbocycles. The molecule has 0 aromatic heterocycles. The summed E-state index contributed by atoms with van der Waals surface area (Å²) in [7, 11) is 0. The Balaban J connectivity index is 1.49. The van der Waals surface area contributed by atoms with Crippen LogP contribution in [-0.2, 0) is 12.5 Å². The largest absolute Gasteiger partial charge is 0.458 e. The molecule has 0 fully saturated rings. The van der Waals surface area contributed by atoms with Gasteiger partial charge in [0.2, 0.25) is 0 Å². The van der Waals surface area contributed by atoms with Crippen molar-refractivity contribution in [3.8, 4) is 28.7 Å². The van der Waals surface area contributed by atoms with Crippen molar-refractivity contribution >= 4 is 21.5 Å². The normalized spacial score (nSPS) is 12.0. The standard InChI is InChI=1S/C35H20F12O/c1-2-3-4-5-17-6-7-22-18(10-17)12-28(40)31(33(22)42)35(46,47)48-21-15-26(38)29(27(39)16-21)19-11-20-13-24(36)23(8-9-34(43,44)45)32(41)30(20)25(37)14-19/h6-7,10-16H,2-5H2,1H3. The molecule has 0 aliphatic heterocycles. The molecule has 0 aliphatic carbocycles. The quantitative estimate of drug-likeness (QED) is 0.0898. The third kappa shape index (κ3) is 6.88. The molecule has 0 heterocycles. The fraction of sp³-hybridized carbons (Fsp3) is 0.200. The molecule has 13 heteroatoms. The van der Waals surface area contributed by atoms with Gasteiger partial charge >= 0.3 is 12.3 Å². The van der Waals surface area contributed by atoms with Crippen molar-refractivity contribution in [2.24, 2.45) is 0 Å². The molecule has 0 bridgehead atoms. The monoisotopic (exact) mass is 684 g/mol. The maximum absolute atomic E-state index is 15.3. The third-order valence-electron chi connectivity index (χ3n) is 7.41. The minimum atomic E-state index is -5.12. The lowest BCUT2D eigenvalue weighted by molar-refractivity contribution is -0.189. The van der Waals surface area contributed by atoms with Gasteiger partial charge in [0.25, 0.3) is 0 Å². The van der Waals surface area contributed by atoms with Gasteiger partial charge in [-0.05, 0) is 59.0 Å². The van der Waals surface area contributed by atoms with Gasteiger partial charge in [0.05, 0.1) is 16.5 Å². The maximum atomic E-state index is 15.3. The highest BCUT2D eigenvalue weighted by atomic mass is 19.4. The van der Waals surface area contributed by atoms with Gasteiger partial charge in [-0.15, -0.1) is 0 Å². The average Bonchev–Trinajstić information content (AvgIpc) is 2.95. The topological polar surface area (TPSA) is 9.23 Å². The van der Waals surface area contributed by atoms with Crippen LogP contribution in [0.3, 0.4) is 0 Å². The highest BCUT2D eigenvalue weighted by molar-refractivity contribution is 5.90. The lowest BCUT2D eigenvalue weighted by atomic mass is 9.97. The average molecular weight is 685 g/mol. The van der Waals surface area contributed by atoms with Gasteiger partial charge in [0, 0.05) is 23.4 Å². The predicted octanol–water partition coefficient (Wildman–Crippen LogP) is 11.4. The Labute approximate surface area is 264 Å². The Morgan fingerprint density at radius 3 is 1.98 bits per heavy atom. The summed E-state index contributed by atoms with van der Waals surface area (Å²) >= 11 is 0. The molecule has 0 unspecified atom stereocenters. The van der Waals surface area contributed by atoms with E-state index in [2.05, 4.69) is 4.74 Å². The molecule has 250 valence electrons. The Morgan fingerprint density at radius 2 is 1.33 bits per heavy atom. The van der Waals surface area contributed by atoms with Gasteiger partial charge in [0.15, 0.2) is 5.82 Å². The molecule has 0 spiro atoms. The smallest absolute Gasteiger partial charge is 0.429 e. The van der Waals surface area contributed by atoms with Crippen molar-refractivity contribution in [1.82, 2.24) is 0 Å². The Bertz CT molecular complexity index is 2100. The number of halogens is 12. The zero-order valence-corrected chi connectivity index (χ0v) is 24.5. The van der Waals surface area contributed by atoms with Crippen molar-refractivity contribution in [2.45, 2.75) is 44.9 Å². The van der Waals surface area contributed by atoms with Crippen LogP contribution in [0.4, 0.5) is 52.7 Å². The number of hydrogen-bond acceptors (Lipinski definition) is 1. The summed E-state index contributed by atoms with van der Waals surface area (Å²) in [5.74, 6) is -11.0. The van der Waals surface area contributed by atoms with Gasteiger partial charge in [-0.3, -0.25) is 0 Å². The van der Waals surface area contributed by atoms with E-state index in [0.29, 0.717) is 36.6 Å². The molecule has 0 amide bonds. The van der Waals surface area contributed by atoms with Crippen molar-refractivity contribution in [2.75, 3.05) is 0 Å². The first-order valence-electron chi connectivity index (χ1n) is 14.2. The van der Waals surface area contributed by atoms with Crippen LogP contribution in [0.25, 0.3) is 32.7 Å². The third-order valence-corrected chi connectivity index (χ3v) is 7.41. The lowest BCUT2D eigenvalue weighted by Gasteiger charge is -2.21. The van der Waals surface area contributed by atoms with E-state index in [9.17, 15) is 30.7 Å². The van der Waals surface area contributed by atoms with Crippen LogP contribution in [0.5, 0.6) is 5.75 Å². The van der Waals surface area contributed by atoms with Crippen LogP contribution in [0.1, 0.15) is 42.9 Å². The number of unbranched alkanes of at least 4 members (excludes halogenated alkanes) is 2. The summed E-state index contributed by atoms with van der Waals surface area (Å²) in [4.78, 5) is 0. The van der Waals surface area contributed by atoms with E-state index in [1.165, 1.54) is 24.1 Å². The van der Waals surface area contributed by atoms with E-state index >= 15 is 22.0 Å². The Kier molecular flexibility index (Phi) is 9.32. The molecule has 0 radical (unpaired) electrons. The highest BCUT2D eigenvalue weighted by Gasteiger charge is 2.42. The number of aryl methyl sites for hydroxylation is 1. The summed E-state index contributed by atoms with van der Waals surface area (Å²) in [6.07, 6.45) is -6.66. The molecule has 48 heavy (non-hydrogen) atoms. The molecule has 0 saturated carbocycles. The number of rotatable bonds is 8. The first kappa shape index (κ1) is 34.5. The molecule has 1 nitrogen and oxygen atoms in total. The molecule has 5 aromatic rings. The first-order valence-corrected chi connectivity index (χ1v) is 14.2. The molecular formula is C35H20F12O. The number of fused-ring (bicyclic) bond motifs is 2. The van der Waals surface area contributed by atoms with Crippen LogP contribution >= 0.6 is 0 Å². The fourth-order valence-corrected chi connectivity index (χ4v) is 5.27. The van der Waals surface area contributed by atoms with E-state index < -0.39 is 91.8 Å². The summed E-state index contributed by atoms with van der Waals surface area (Å²) in [5.41, 5.74) is -4.26. The SMILES string of the molecule is CCCCCc1ccc2c(F)c(C(F)(F)Oc3cc(F)c(-c4cc(F)c5c(F)c(C#CC(F)(F)F)c(F)cc5c4)c(F)c3)c(F)cc2c1. The second-order valence-corrected chi connectivity index (χ2v) is 10.8. The van der Waals surface area contributed by atoms with Crippen molar-refractivity contribution in [1.29, 1.82) is 0 Å². The van der Waals surface area contributed by atoms with Crippen LogP contribution in [0, 0.1) is 52.6 Å². The van der Waals surface area contributed by atoms with Crippen LogP contribution in [0.15, 0.2) is 54.6 Å². The molecule has 0 aliphatic rings.